The summed E-state index contributed by atoms with van der Waals surface area (Å²) in [5.41, 5.74) is 8.89. The van der Waals surface area contributed by atoms with Gasteiger partial charge in [-0.1, -0.05) is 18.2 Å². The second-order valence-corrected chi connectivity index (χ2v) is 4.41. The largest absolute Gasteiger partial charge is 0.383 e. The zero-order chi connectivity index (χ0) is 14.1. The van der Waals surface area contributed by atoms with Gasteiger partial charge >= 0.3 is 5.69 Å². The topological polar surface area (TPSA) is 89.6 Å². The van der Waals surface area contributed by atoms with Crippen LogP contribution in [0.5, 0.6) is 0 Å². The van der Waals surface area contributed by atoms with Crippen LogP contribution in [0.2, 0.25) is 0 Å². The molecule has 3 N–H and O–H groups in total. The maximum Gasteiger partial charge on any atom is 0.344 e. The van der Waals surface area contributed by atoms with Crippen LogP contribution in [-0.2, 0) is 0 Å². The highest BCUT2D eigenvalue weighted by Crippen LogP contribution is 2.27. The lowest BCUT2D eigenvalue weighted by atomic mass is 10.1. The summed E-state index contributed by atoms with van der Waals surface area (Å²) in [5.74, 6) is 0.567. The minimum absolute atomic E-state index is 0. The van der Waals surface area contributed by atoms with Gasteiger partial charge in [0.25, 0.3) is 0 Å². The summed E-state index contributed by atoms with van der Waals surface area (Å²) in [6.07, 6.45) is 3.07. The maximum atomic E-state index is 11.0. The lowest BCUT2D eigenvalue weighted by molar-refractivity contribution is 0.893. The molecule has 0 aliphatic rings. The molecule has 0 aliphatic heterocycles. The Morgan fingerprint density at radius 2 is 1.95 bits per heavy atom. The van der Waals surface area contributed by atoms with E-state index in [1.807, 2.05) is 37.3 Å². The van der Waals surface area contributed by atoms with Gasteiger partial charge in [-0.25, -0.2) is 14.5 Å². The highest BCUT2D eigenvalue weighted by atomic mass is 35.5. The van der Waals surface area contributed by atoms with Gasteiger partial charge in [-0.15, -0.1) is 12.4 Å². The van der Waals surface area contributed by atoms with Crippen molar-refractivity contribution in [3.8, 4) is 16.9 Å². The van der Waals surface area contributed by atoms with Crippen molar-refractivity contribution in [2.24, 2.45) is 0 Å². The predicted molar refractivity (Wildman–Crippen MR) is 83.8 cm³/mol. The molecule has 7 heteroatoms. The fraction of sp³-hybridized carbons (Fsp3) is 0.0714. The van der Waals surface area contributed by atoms with Crippen molar-refractivity contribution in [1.29, 1.82) is 0 Å². The van der Waals surface area contributed by atoms with E-state index in [2.05, 4.69) is 15.1 Å². The molecule has 0 amide bonds. The number of hydrogen-bond acceptors (Lipinski definition) is 4. The highest BCUT2D eigenvalue weighted by Gasteiger charge is 2.14. The van der Waals surface area contributed by atoms with Crippen LogP contribution in [0.15, 0.2) is 47.5 Å². The molecule has 0 unspecified atom stereocenters. The number of aromatic amines is 1. The fourth-order valence-electron chi connectivity index (χ4n) is 2.02. The third-order valence-electron chi connectivity index (χ3n) is 3.11. The number of aromatic nitrogens is 4. The molecule has 0 spiro atoms. The molecular formula is C14H14ClN5O. The van der Waals surface area contributed by atoms with Crippen LogP contribution in [0.1, 0.15) is 5.56 Å². The molecule has 2 aromatic heterocycles. The van der Waals surface area contributed by atoms with Crippen LogP contribution in [0.25, 0.3) is 16.9 Å². The van der Waals surface area contributed by atoms with Crippen molar-refractivity contribution in [3.05, 3.63) is 58.8 Å². The molecule has 6 nitrogen and oxygen atoms in total. The van der Waals surface area contributed by atoms with Crippen LogP contribution in [-0.4, -0.2) is 19.7 Å². The van der Waals surface area contributed by atoms with E-state index in [-0.39, 0.29) is 18.1 Å². The highest BCUT2D eigenvalue weighted by molar-refractivity contribution is 5.85. The Morgan fingerprint density at radius 3 is 2.57 bits per heavy atom. The van der Waals surface area contributed by atoms with E-state index in [1.54, 1.807) is 10.9 Å². The zero-order valence-corrected chi connectivity index (χ0v) is 12.1. The summed E-state index contributed by atoms with van der Waals surface area (Å²) in [5, 5.41) is 4.51. The molecule has 108 valence electrons. The molecule has 2 heterocycles. The van der Waals surface area contributed by atoms with Gasteiger partial charge in [0, 0.05) is 23.5 Å². The summed E-state index contributed by atoms with van der Waals surface area (Å²) in [6.45, 7) is 1.89. The zero-order valence-electron chi connectivity index (χ0n) is 11.3. The molecular weight excluding hydrogens is 290 g/mol. The van der Waals surface area contributed by atoms with Crippen molar-refractivity contribution >= 4 is 18.2 Å². The maximum absolute atomic E-state index is 11.0. The standard InChI is InChI=1S/C14H13N5O.ClH/c1-9-12(10-7-16-14(20)17-8-10)18-19(13(9)15)11-5-3-2-4-6-11;/h2-8H,15H2,1H3,(H,16,17,20);1H. The smallest absolute Gasteiger partial charge is 0.344 e. The number of H-pyrrole nitrogens is 1. The van der Waals surface area contributed by atoms with Crippen LogP contribution in [0.4, 0.5) is 5.82 Å². The van der Waals surface area contributed by atoms with Gasteiger partial charge in [0.2, 0.25) is 0 Å². The van der Waals surface area contributed by atoms with Crippen LogP contribution in [0.3, 0.4) is 0 Å². The normalized spacial score (nSPS) is 10.1. The number of para-hydroxylation sites is 1. The molecule has 0 fully saturated rings. The number of nitrogens with zero attached hydrogens (tertiary/aromatic N) is 3. The van der Waals surface area contributed by atoms with Crippen molar-refractivity contribution < 1.29 is 0 Å². The third-order valence-corrected chi connectivity index (χ3v) is 3.11. The first-order valence-corrected chi connectivity index (χ1v) is 6.12. The number of halogens is 1. The molecule has 0 saturated carbocycles. The Kier molecular flexibility index (Phi) is 4.09. The minimum Gasteiger partial charge on any atom is -0.383 e. The minimum atomic E-state index is -0.387. The number of rotatable bonds is 2. The predicted octanol–water partition coefficient (Wildman–Crippen LogP) is 1.94. The summed E-state index contributed by atoms with van der Waals surface area (Å²) < 4.78 is 1.68. The van der Waals surface area contributed by atoms with Crippen molar-refractivity contribution in [1.82, 2.24) is 19.7 Å². The Balaban J connectivity index is 0.00000161. The molecule has 0 atom stereocenters. The summed E-state index contributed by atoms with van der Waals surface area (Å²) in [7, 11) is 0. The average molecular weight is 304 g/mol. The van der Waals surface area contributed by atoms with Gasteiger partial charge in [0.1, 0.15) is 11.5 Å². The molecule has 3 rings (SSSR count). The van der Waals surface area contributed by atoms with E-state index in [0.717, 1.165) is 16.8 Å². The van der Waals surface area contributed by atoms with E-state index in [0.29, 0.717) is 11.5 Å². The number of hydrogen-bond donors (Lipinski definition) is 2. The van der Waals surface area contributed by atoms with Gasteiger partial charge in [0.15, 0.2) is 0 Å². The summed E-state index contributed by atoms with van der Waals surface area (Å²) in [6, 6.07) is 9.64. The fourth-order valence-corrected chi connectivity index (χ4v) is 2.02. The third kappa shape index (κ3) is 2.66. The molecule has 0 aliphatic carbocycles. The molecule has 0 radical (unpaired) electrons. The molecule has 0 bridgehead atoms. The van der Waals surface area contributed by atoms with Gasteiger partial charge < -0.3 is 10.7 Å². The second-order valence-electron chi connectivity index (χ2n) is 4.41. The number of benzene rings is 1. The Morgan fingerprint density at radius 1 is 1.24 bits per heavy atom. The van der Waals surface area contributed by atoms with E-state index in [1.165, 1.54) is 6.20 Å². The Labute approximate surface area is 127 Å². The van der Waals surface area contributed by atoms with Crippen LogP contribution >= 0.6 is 12.4 Å². The first-order valence-electron chi connectivity index (χ1n) is 6.12. The van der Waals surface area contributed by atoms with E-state index < -0.39 is 0 Å². The Hall–Kier alpha value is -2.60. The molecule has 21 heavy (non-hydrogen) atoms. The molecule has 1 aromatic carbocycles. The number of nitrogen functional groups attached to an aromatic ring is 1. The van der Waals surface area contributed by atoms with Crippen LogP contribution in [0, 0.1) is 6.92 Å². The lowest BCUT2D eigenvalue weighted by Crippen LogP contribution is -2.08. The SMILES string of the molecule is Cc1c(-c2cnc(=O)[nH]c2)nn(-c2ccccc2)c1N.Cl. The number of anilines is 1. The van der Waals surface area contributed by atoms with E-state index in [9.17, 15) is 4.79 Å². The van der Waals surface area contributed by atoms with E-state index in [4.69, 9.17) is 5.73 Å². The molecule has 0 saturated heterocycles. The van der Waals surface area contributed by atoms with Crippen LogP contribution < -0.4 is 11.4 Å². The van der Waals surface area contributed by atoms with Crippen molar-refractivity contribution in [2.75, 3.05) is 5.73 Å². The molecule has 3 aromatic rings. The monoisotopic (exact) mass is 303 g/mol. The summed E-state index contributed by atoms with van der Waals surface area (Å²) >= 11 is 0. The Bertz CT molecular complexity index is 789. The number of nitrogens with one attached hydrogen (secondary N) is 1. The quantitative estimate of drug-likeness (QED) is 0.757. The summed E-state index contributed by atoms with van der Waals surface area (Å²) in [4.78, 5) is 17.3. The second kappa shape index (κ2) is 5.80. The van der Waals surface area contributed by atoms with Gasteiger partial charge in [0.05, 0.1) is 5.69 Å². The van der Waals surface area contributed by atoms with E-state index >= 15 is 0 Å². The first-order chi connectivity index (χ1) is 9.66. The number of nitrogens with two attached hydrogens (primary N) is 1. The average Bonchev–Trinajstić information content (AvgIpc) is 2.77. The van der Waals surface area contributed by atoms with Gasteiger partial charge in [-0.05, 0) is 19.1 Å². The van der Waals surface area contributed by atoms with Gasteiger partial charge in [-0.2, -0.15) is 5.10 Å². The van der Waals surface area contributed by atoms with Crippen molar-refractivity contribution in [3.63, 3.8) is 0 Å². The first kappa shape index (κ1) is 14.8. The lowest BCUT2D eigenvalue weighted by Gasteiger charge is -2.02. The van der Waals surface area contributed by atoms with Gasteiger partial charge in [-0.3, -0.25) is 0 Å². The van der Waals surface area contributed by atoms with Crippen molar-refractivity contribution in [2.45, 2.75) is 6.92 Å².